The van der Waals surface area contributed by atoms with E-state index >= 15 is 0 Å². The lowest BCUT2D eigenvalue weighted by atomic mass is 10.1. The first-order valence-electron chi connectivity index (χ1n) is 6.33. The molecule has 0 aromatic heterocycles. The summed E-state index contributed by atoms with van der Waals surface area (Å²) in [6.45, 7) is 2.23. The second kappa shape index (κ2) is 7.41. The highest BCUT2D eigenvalue weighted by Crippen LogP contribution is 2.03. The van der Waals surface area contributed by atoms with E-state index in [1.807, 2.05) is 30.3 Å². The van der Waals surface area contributed by atoms with Crippen LogP contribution in [0.2, 0.25) is 0 Å². The summed E-state index contributed by atoms with van der Waals surface area (Å²) < 4.78 is 0. The Balaban J connectivity index is 2.40. The van der Waals surface area contributed by atoms with Crippen LogP contribution in [0.25, 0.3) is 0 Å². The van der Waals surface area contributed by atoms with Gasteiger partial charge in [-0.2, -0.15) is 0 Å². The highest BCUT2D eigenvalue weighted by molar-refractivity contribution is 5.82. The minimum atomic E-state index is -0.983. The molecule has 0 saturated heterocycles. The van der Waals surface area contributed by atoms with Gasteiger partial charge in [-0.25, -0.2) is 9.59 Å². The van der Waals surface area contributed by atoms with Crippen molar-refractivity contribution in [2.75, 3.05) is 13.6 Å². The van der Waals surface area contributed by atoms with Crippen molar-refractivity contribution in [1.82, 2.24) is 10.2 Å². The van der Waals surface area contributed by atoms with Gasteiger partial charge in [-0.3, -0.25) is 0 Å². The Labute approximate surface area is 113 Å². The third-order valence-corrected chi connectivity index (χ3v) is 2.99. The van der Waals surface area contributed by atoms with Crippen LogP contribution in [0, 0.1) is 0 Å². The van der Waals surface area contributed by atoms with Crippen LogP contribution in [0.3, 0.4) is 0 Å². The maximum Gasteiger partial charge on any atom is 0.326 e. The van der Waals surface area contributed by atoms with Gasteiger partial charge in [-0.05, 0) is 18.4 Å². The average Bonchev–Trinajstić information content (AvgIpc) is 2.40. The number of rotatable bonds is 6. The molecule has 0 fully saturated rings. The van der Waals surface area contributed by atoms with Gasteiger partial charge in [-0.1, -0.05) is 37.3 Å². The van der Waals surface area contributed by atoms with E-state index in [1.165, 1.54) is 11.9 Å². The quantitative estimate of drug-likeness (QED) is 0.822. The molecule has 104 valence electrons. The molecule has 0 spiro atoms. The van der Waals surface area contributed by atoms with E-state index in [2.05, 4.69) is 5.32 Å². The van der Waals surface area contributed by atoms with Crippen LogP contribution >= 0.6 is 0 Å². The number of carbonyl (C=O) groups excluding carboxylic acids is 1. The SMILES string of the molecule is CCC(C(=O)O)N(C)C(=O)NCCc1ccccc1. The Bertz CT molecular complexity index is 420. The fourth-order valence-corrected chi connectivity index (χ4v) is 1.84. The number of hydrogen-bond donors (Lipinski definition) is 2. The first-order chi connectivity index (χ1) is 9.06. The highest BCUT2D eigenvalue weighted by atomic mass is 16.4. The summed E-state index contributed by atoms with van der Waals surface area (Å²) in [7, 11) is 1.50. The average molecular weight is 264 g/mol. The van der Waals surface area contributed by atoms with Gasteiger partial charge in [0.05, 0.1) is 0 Å². The fourth-order valence-electron chi connectivity index (χ4n) is 1.84. The number of urea groups is 1. The number of carboxylic acid groups (broad SMARTS) is 1. The Kier molecular flexibility index (Phi) is 5.85. The van der Waals surface area contributed by atoms with E-state index in [1.54, 1.807) is 6.92 Å². The van der Waals surface area contributed by atoms with Gasteiger partial charge in [-0.15, -0.1) is 0 Å². The first kappa shape index (κ1) is 15.0. The molecule has 1 aromatic carbocycles. The van der Waals surface area contributed by atoms with Crippen molar-refractivity contribution in [2.45, 2.75) is 25.8 Å². The molecule has 0 aliphatic carbocycles. The molecule has 19 heavy (non-hydrogen) atoms. The van der Waals surface area contributed by atoms with E-state index in [0.29, 0.717) is 13.0 Å². The molecule has 1 aromatic rings. The molecule has 1 unspecified atom stereocenters. The summed E-state index contributed by atoms with van der Waals surface area (Å²) in [5.74, 6) is -0.983. The van der Waals surface area contributed by atoms with Gasteiger partial charge < -0.3 is 15.3 Å². The second-order valence-electron chi connectivity index (χ2n) is 4.34. The monoisotopic (exact) mass is 264 g/mol. The standard InChI is InChI=1S/C14H20N2O3/c1-3-12(13(17)18)16(2)14(19)15-10-9-11-7-5-4-6-8-11/h4-8,12H,3,9-10H2,1-2H3,(H,15,19)(H,17,18). The molecule has 2 amide bonds. The number of benzene rings is 1. The summed E-state index contributed by atoms with van der Waals surface area (Å²) in [5, 5.41) is 11.7. The Morgan fingerprint density at radius 1 is 1.32 bits per heavy atom. The second-order valence-corrected chi connectivity index (χ2v) is 4.34. The molecule has 1 rings (SSSR count). The maximum atomic E-state index is 11.8. The number of aliphatic carboxylic acids is 1. The minimum Gasteiger partial charge on any atom is -0.480 e. The number of carbonyl (C=O) groups is 2. The summed E-state index contributed by atoms with van der Waals surface area (Å²) in [5.41, 5.74) is 1.13. The van der Waals surface area contributed by atoms with Crippen LogP contribution in [-0.2, 0) is 11.2 Å². The topological polar surface area (TPSA) is 69.6 Å². The Morgan fingerprint density at radius 2 is 1.95 bits per heavy atom. The number of hydrogen-bond acceptors (Lipinski definition) is 2. The molecule has 1 atom stereocenters. The van der Waals surface area contributed by atoms with E-state index in [4.69, 9.17) is 5.11 Å². The minimum absolute atomic E-state index is 0.356. The third kappa shape index (κ3) is 4.62. The molecule has 0 heterocycles. The summed E-state index contributed by atoms with van der Waals surface area (Å²) in [4.78, 5) is 24.0. The number of likely N-dealkylation sites (N-methyl/N-ethyl adjacent to an activating group) is 1. The fraction of sp³-hybridized carbons (Fsp3) is 0.429. The molecule has 0 saturated carbocycles. The molecule has 0 radical (unpaired) electrons. The lowest BCUT2D eigenvalue weighted by molar-refractivity contribution is -0.141. The number of carboxylic acids is 1. The van der Waals surface area contributed by atoms with Gasteiger partial charge in [0, 0.05) is 13.6 Å². The highest BCUT2D eigenvalue weighted by Gasteiger charge is 2.24. The van der Waals surface area contributed by atoms with E-state index in [9.17, 15) is 9.59 Å². The van der Waals surface area contributed by atoms with Crippen LogP contribution in [0.5, 0.6) is 0 Å². The maximum absolute atomic E-state index is 11.8. The first-order valence-corrected chi connectivity index (χ1v) is 6.33. The van der Waals surface area contributed by atoms with Crippen LogP contribution in [0.15, 0.2) is 30.3 Å². The van der Waals surface area contributed by atoms with Gasteiger partial charge in [0.15, 0.2) is 0 Å². The zero-order valence-electron chi connectivity index (χ0n) is 11.3. The largest absolute Gasteiger partial charge is 0.480 e. The molecular weight excluding hydrogens is 244 g/mol. The molecule has 2 N–H and O–H groups in total. The van der Waals surface area contributed by atoms with Crippen molar-refractivity contribution < 1.29 is 14.7 Å². The van der Waals surface area contributed by atoms with Crippen LogP contribution in [-0.4, -0.2) is 41.6 Å². The van der Waals surface area contributed by atoms with Crippen molar-refractivity contribution in [2.24, 2.45) is 0 Å². The number of nitrogens with zero attached hydrogens (tertiary/aromatic N) is 1. The molecule has 0 aliphatic rings. The van der Waals surface area contributed by atoms with Crippen molar-refractivity contribution >= 4 is 12.0 Å². The van der Waals surface area contributed by atoms with Crippen molar-refractivity contribution in [3.05, 3.63) is 35.9 Å². The van der Waals surface area contributed by atoms with Gasteiger partial charge in [0.1, 0.15) is 6.04 Å². The third-order valence-electron chi connectivity index (χ3n) is 2.99. The number of amides is 2. The zero-order valence-corrected chi connectivity index (χ0v) is 11.3. The molecule has 5 nitrogen and oxygen atoms in total. The van der Waals surface area contributed by atoms with E-state index in [0.717, 1.165) is 12.0 Å². The lowest BCUT2D eigenvalue weighted by Gasteiger charge is -2.24. The Hall–Kier alpha value is -2.04. The van der Waals surface area contributed by atoms with Crippen LogP contribution in [0.4, 0.5) is 4.79 Å². The van der Waals surface area contributed by atoms with Crippen molar-refractivity contribution in [1.29, 1.82) is 0 Å². The van der Waals surface area contributed by atoms with Crippen molar-refractivity contribution in [3.63, 3.8) is 0 Å². The summed E-state index contributed by atoms with van der Waals surface area (Å²) in [6, 6.07) is 8.67. The van der Waals surface area contributed by atoms with E-state index < -0.39 is 12.0 Å². The molecular formula is C14H20N2O3. The number of nitrogens with one attached hydrogen (secondary N) is 1. The van der Waals surface area contributed by atoms with Gasteiger partial charge in [0.25, 0.3) is 0 Å². The van der Waals surface area contributed by atoms with Crippen molar-refractivity contribution in [3.8, 4) is 0 Å². The smallest absolute Gasteiger partial charge is 0.326 e. The zero-order chi connectivity index (χ0) is 14.3. The van der Waals surface area contributed by atoms with Crippen LogP contribution < -0.4 is 5.32 Å². The molecule has 0 bridgehead atoms. The normalized spacial score (nSPS) is 11.7. The Morgan fingerprint density at radius 3 is 2.47 bits per heavy atom. The van der Waals surface area contributed by atoms with Crippen LogP contribution in [0.1, 0.15) is 18.9 Å². The molecule has 0 aliphatic heterocycles. The van der Waals surface area contributed by atoms with Gasteiger partial charge >= 0.3 is 12.0 Å². The predicted octanol–water partition coefficient (Wildman–Crippen LogP) is 1.73. The summed E-state index contributed by atoms with van der Waals surface area (Å²) >= 11 is 0. The predicted molar refractivity (Wildman–Crippen MR) is 73.0 cm³/mol. The molecule has 5 heteroatoms. The summed E-state index contributed by atoms with van der Waals surface area (Å²) in [6.07, 6.45) is 1.11. The van der Waals surface area contributed by atoms with E-state index in [-0.39, 0.29) is 6.03 Å². The lowest BCUT2D eigenvalue weighted by Crippen LogP contribution is -2.47. The van der Waals surface area contributed by atoms with Gasteiger partial charge in [0.2, 0.25) is 0 Å².